The minimum atomic E-state index is -0.548. The Kier molecular flexibility index (Phi) is 2.36. The Morgan fingerprint density at radius 1 is 1.53 bits per heavy atom. The van der Waals surface area contributed by atoms with Crippen LogP contribution in [0.1, 0.15) is 17.3 Å². The van der Waals surface area contributed by atoms with Gasteiger partial charge in [-0.1, -0.05) is 0 Å². The van der Waals surface area contributed by atoms with Crippen LogP contribution in [0.5, 0.6) is 0 Å². The fourth-order valence-electron chi connectivity index (χ4n) is 1.48. The number of aromatic nitrogens is 1. The first-order valence-corrected chi connectivity index (χ1v) is 4.84. The Bertz CT molecular complexity index is 582. The molecule has 0 N–H and O–H groups in total. The van der Waals surface area contributed by atoms with Gasteiger partial charge in [-0.25, -0.2) is 4.79 Å². The van der Waals surface area contributed by atoms with E-state index in [0.717, 1.165) is 0 Å². The number of hydrogen-bond acceptors (Lipinski definition) is 3. The van der Waals surface area contributed by atoms with Gasteiger partial charge in [-0.15, -0.1) is 0 Å². The Hall–Kier alpha value is -1.55. The molecule has 0 bridgehead atoms. The number of carbonyl (C=O) groups excluding carboxylic acids is 1. The van der Waals surface area contributed by atoms with Gasteiger partial charge in [0.25, 0.3) is 5.24 Å². The molecule has 0 aliphatic carbocycles. The number of aryl methyl sites for hydroxylation is 1. The monoisotopic (exact) mass is 225 g/mol. The summed E-state index contributed by atoms with van der Waals surface area (Å²) in [6.07, 6.45) is 0. The molecule has 1 aromatic carbocycles. The molecule has 0 saturated heterocycles. The fraction of sp³-hybridized carbons (Fsp3) is 0.200. The molecule has 5 heteroatoms. The molecule has 0 amide bonds. The number of hydrogen-bond donors (Lipinski definition) is 0. The van der Waals surface area contributed by atoms with Gasteiger partial charge < -0.3 is 4.42 Å². The molecule has 0 atom stereocenters. The van der Waals surface area contributed by atoms with Crippen molar-refractivity contribution in [3.63, 3.8) is 0 Å². The topological polar surface area (TPSA) is 52.2 Å². The molecule has 0 fully saturated rings. The predicted molar refractivity (Wildman–Crippen MR) is 56.3 cm³/mol. The SMILES string of the molecule is CCn1c(=O)oc2ccc(C(=O)Cl)cc21. The molecule has 1 heterocycles. The highest BCUT2D eigenvalue weighted by Crippen LogP contribution is 2.16. The molecule has 0 aliphatic rings. The number of benzene rings is 1. The van der Waals surface area contributed by atoms with E-state index in [-0.39, 0.29) is 0 Å². The van der Waals surface area contributed by atoms with Crippen LogP contribution in [-0.2, 0) is 6.54 Å². The summed E-state index contributed by atoms with van der Waals surface area (Å²) in [5, 5.41) is -0.548. The van der Waals surface area contributed by atoms with Crippen LogP contribution >= 0.6 is 11.6 Å². The van der Waals surface area contributed by atoms with E-state index in [2.05, 4.69) is 0 Å². The first-order valence-electron chi connectivity index (χ1n) is 4.46. The van der Waals surface area contributed by atoms with E-state index >= 15 is 0 Å². The summed E-state index contributed by atoms with van der Waals surface area (Å²) in [6.45, 7) is 2.32. The number of oxazole rings is 1. The molecular weight excluding hydrogens is 218 g/mol. The standard InChI is InChI=1S/C10H8ClNO3/c1-2-12-7-5-6(9(11)13)3-4-8(7)15-10(12)14/h3-5H,2H2,1H3. The highest BCUT2D eigenvalue weighted by molar-refractivity contribution is 6.67. The zero-order chi connectivity index (χ0) is 11.0. The second-order valence-corrected chi connectivity index (χ2v) is 3.41. The van der Waals surface area contributed by atoms with E-state index in [0.29, 0.717) is 23.2 Å². The van der Waals surface area contributed by atoms with E-state index < -0.39 is 11.0 Å². The van der Waals surface area contributed by atoms with Gasteiger partial charge in [0.1, 0.15) is 0 Å². The van der Waals surface area contributed by atoms with Crippen LogP contribution in [0.25, 0.3) is 11.1 Å². The summed E-state index contributed by atoms with van der Waals surface area (Å²) in [5.74, 6) is -0.424. The quantitative estimate of drug-likeness (QED) is 0.735. The number of rotatable bonds is 2. The number of nitrogens with zero attached hydrogens (tertiary/aromatic N) is 1. The average molecular weight is 226 g/mol. The van der Waals surface area contributed by atoms with Gasteiger partial charge in [0.05, 0.1) is 5.52 Å². The maximum Gasteiger partial charge on any atom is 0.419 e. The maximum atomic E-state index is 11.3. The van der Waals surface area contributed by atoms with Crippen LogP contribution in [0.15, 0.2) is 27.4 Å². The third-order valence-electron chi connectivity index (χ3n) is 2.21. The molecule has 15 heavy (non-hydrogen) atoms. The molecule has 78 valence electrons. The van der Waals surface area contributed by atoms with Gasteiger partial charge in [0.2, 0.25) is 0 Å². The van der Waals surface area contributed by atoms with Crippen LogP contribution in [0.4, 0.5) is 0 Å². The first-order chi connectivity index (χ1) is 7.13. The van der Waals surface area contributed by atoms with Crippen molar-refractivity contribution < 1.29 is 9.21 Å². The van der Waals surface area contributed by atoms with Gasteiger partial charge >= 0.3 is 5.76 Å². The lowest BCUT2D eigenvalue weighted by atomic mass is 10.2. The van der Waals surface area contributed by atoms with Crippen molar-refractivity contribution in [3.05, 3.63) is 34.3 Å². The second-order valence-electron chi connectivity index (χ2n) is 3.07. The zero-order valence-corrected chi connectivity index (χ0v) is 8.75. The number of halogens is 1. The Balaban J connectivity index is 2.79. The summed E-state index contributed by atoms with van der Waals surface area (Å²) >= 11 is 5.35. The van der Waals surface area contributed by atoms with Gasteiger partial charge in [-0.05, 0) is 36.7 Å². The van der Waals surface area contributed by atoms with Crippen LogP contribution in [0.2, 0.25) is 0 Å². The van der Waals surface area contributed by atoms with Crippen molar-refractivity contribution in [2.45, 2.75) is 13.5 Å². The summed E-state index contributed by atoms with van der Waals surface area (Å²) in [6, 6.07) is 4.65. The Morgan fingerprint density at radius 2 is 2.27 bits per heavy atom. The molecule has 2 aromatic rings. The van der Waals surface area contributed by atoms with Crippen molar-refractivity contribution >= 4 is 27.9 Å². The molecule has 0 radical (unpaired) electrons. The van der Waals surface area contributed by atoms with Crippen molar-refractivity contribution in [3.8, 4) is 0 Å². The summed E-state index contributed by atoms with van der Waals surface area (Å²) < 4.78 is 6.42. The molecule has 4 nitrogen and oxygen atoms in total. The van der Waals surface area contributed by atoms with Gasteiger partial charge in [0.15, 0.2) is 5.58 Å². The highest BCUT2D eigenvalue weighted by Gasteiger charge is 2.10. The minimum absolute atomic E-state index is 0.354. The smallest absolute Gasteiger partial charge is 0.408 e. The second kappa shape index (κ2) is 3.55. The van der Waals surface area contributed by atoms with Crippen LogP contribution < -0.4 is 5.76 Å². The normalized spacial score (nSPS) is 10.8. The number of carbonyl (C=O) groups is 1. The van der Waals surface area contributed by atoms with Gasteiger partial charge in [0, 0.05) is 12.1 Å². The highest BCUT2D eigenvalue weighted by atomic mass is 35.5. The summed E-state index contributed by atoms with van der Waals surface area (Å²) in [5.41, 5.74) is 1.41. The molecule has 0 spiro atoms. The van der Waals surface area contributed by atoms with E-state index in [9.17, 15) is 9.59 Å². The lowest BCUT2D eigenvalue weighted by Crippen LogP contribution is -2.12. The van der Waals surface area contributed by atoms with Crippen LogP contribution in [-0.4, -0.2) is 9.81 Å². The predicted octanol–water partition coefficient (Wildman–Crippen LogP) is 1.99. The molecule has 0 unspecified atom stereocenters. The van der Waals surface area contributed by atoms with E-state index in [1.165, 1.54) is 10.6 Å². The van der Waals surface area contributed by atoms with Crippen LogP contribution in [0.3, 0.4) is 0 Å². The molecular formula is C10H8ClNO3. The van der Waals surface area contributed by atoms with Crippen molar-refractivity contribution in [2.24, 2.45) is 0 Å². The third kappa shape index (κ3) is 1.57. The Labute approximate surface area is 90.1 Å². The lowest BCUT2D eigenvalue weighted by Gasteiger charge is -1.97. The average Bonchev–Trinajstić information content (AvgIpc) is 2.51. The van der Waals surface area contributed by atoms with Gasteiger partial charge in [-0.3, -0.25) is 9.36 Å². The summed E-state index contributed by atoms with van der Waals surface area (Å²) in [4.78, 5) is 22.3. The maximum absolute atomic E-state index is 11.3. The molecule has 0 aliphatic heterocycles. The third-order valence-corrected chi connectivity index (χ3v) is 2.43. The van der Waals surface area contributed by atoms with E-state index in [1.54, 1.807) is 12.1 Å². The lowest BCUT2D eigenvalue weighted by molar-refractivity contribution is 0.108. The molecule has 1 aromatic heterocycles. The largest absolute Gasteiger partial charge is 0.419 e. The van der Waals surface area contributed by atoms with Gasteiger partial charge in [-0.2, -0.15) is 0 Å². The first kappa shape index (κ1) is 9.98. The fourth-order valence-corrected chi connectivity index (χ4v) is 1.60. The molecule has 2 rings (SSSR count). The van der Waals surface area contributed by atoms with Crippen LogP contribution in [0, 0.1) is 0 Å². The van der Waals surface area contributed by atoms with Crippen molar-refractivity contribution in [2.75, 3.05) is 0 Å². The number of fused-ring (bicyclic) bond motifs is 1. The zero-order valence-electron chi connectivity index (χ0n) is 7.99. The van der Waals surface area contributed by atoms with E-state index in [1.807, 2.05) is 6.92 Å². The summed E-state index contributed by atoms with van der Waals surface area (Å²) in [7, 11) is 0. The van der Waals surface area contributed by atoms with Crippen molar-refractivity contribution in [1.82, 2.24) is 4.57 Å². The molecule has 0 saturated carbocycles. The van der Waals surface area contributed by atoms with Crippen molar-refractivity contribution in [1.29, 1.82) is 0 Å². The minimum Gasteiger partial charge on any atom is -0.408 e. The Morgan fingerprint density at radius 3 is 2.87 bits per heavy atom. The van der Waals surface area contributed by atoms with E-state index in [4.69, 9.17) is 16.0 Å².